The Balaban J connectivity index is 4.63. The molecule has 0 fully saturated rings. The van der Waals surface area contributed by atoms with Gasteiger partial charge in [0.1, 0.15) is 0 Å². The predicted molar refractivity (Wildman–Crippen MR) is 49.8 cm³/mol. The van der Waals surface area contributed by atoms with Crippen LogP contribution in [0.15, 0.2) is 0 Å². The van der Waals surface area contributed by atoms with E-state index in [4.69, 9.17) is 5.11 Å². The first kappa shape index (κ1) is 11.9. The maximum absolute atomic E-state index is 11.5. The monoisotopic (exact) mass is 194 g/mol. The van der Waals surface area contributed by atoms with Gasteiger partial charge < -0.3 is 5.11 Å². The summed E-state index contributed by atoms with van der Waals surface area (Å²) in [6.45, 7) is 6.48. The number of aliphatic hydroxyl groups is 1. The van der Waals surface area contributed by atoms with E-state index in [0.29, 0.717) is 0 Å². The molecule has 0 saturated carbocycles. The molecule has 0 aromatic carbocycles. The van der Waals surface area contributed by atoms with Crippen molar-refractivity contribution in [2.45, 2.75) is 32.4 Å². The first-order chi connectivity index (χ1) is 5.23. The van der Waals surface area contributed by atoms with Crippen molar-refractivity contribution in [3.63, 3.8) is 0 Å². The molecule has 74 valence electrons. The Bertz CT molecular complexity index is 227. The summed E-state index contributed by atoms with van der Waals surface area (Å²) in [6, 6.07) is 0. The van der Waals surface area contributed by atoms with Gasteiger partial charge in [-0.05, 0) is 19.8 Å². The molecule has 0 aromatic rings. The molecule has 12 heavy (non-hydrogen) atoms. The van der Waals surface area contributed by atoms with Crippen molar-refractivity contribution in [3.05, 3.63) is 0 Å². The minimum Gasteiger partial charge on any atom is -0.395 e. The standard InChI is InChI=1S/C8H18O3S/c1-7(2)5-12(10,11)8(3,4)6-9/h7,9H,5-6H2,1-4H3. The molecule has 0 aromatic heterocycles. The summed E-state index contributed by atoms with van der Waals surface area (Å²) in [5.74, 6) is 0.251. The fourth-order valence-corrected chi connectivity index (χ4v) is 2.29. The second-order valence-corrected chi connectivity index (χ2v) is 6.76. The summed E-state index contributed by atoms with van der Waals surface area (Å²) in [5, 5.41) is 8.86. The lowest BCUT2D eigenvalue weighted by atomic mass is 10.2. The molecule has 0 radical (unpaired) electrons. The van der Waals surface area contributed by atoms with Gasteiger partial charge in [-0.2, -0.15) is 0 Å². The van der Waals surface area contributed by atoms with Gasteiger partial charge in [0.2, 0.25) is 0 Å². The van der Waals surface area contributed by atoms with Crippen molar-refractivity contribution >= 4 is 9.84 Å². The Morgan fingerprint density at radius 2 is 1.75 bits per heavy atom. The normalized spacial score (nSPS) is 13.8. The number of aliphatic hydroxyl groups excluding tert-OH is 1. The van der Waals surface area contributed by atoms with E-state index in [1.807, 2.05) is 13.8 Å². The summed E-state index contributed by atoms with van der Waals surface area (Å²) in [6.07, 6.45) is 0. The molecule has 1 N–H and O–H groups in total. The van der Waals surface area contributed by atoms with E-state index in [1.165, 1.54) is 0 Å². The minimum absolute atomic E-state index is 0.112. The molecule has 0 aliphatic rings. The van der Waals surface area contributed by atoms with Crippen molar-refractivity contribution < 1.29 is 13.5 Å². The van der Waals surface area contributed by atoms with Crippen molar-refractivity contribution in [3.8, 4) is 0 Å². The molecule has 0 unspecified atom stereocenters. The van der Waals surface area contributed by atoms with Crippen molar-refractivity contribution in [2.24, 2.45) is 5.92 Å². The summed E-state index contributed by atoms with van der Waals surface area (Å²) >= 11 is 0. The molecule has 0 bridgehead atoms. The molecule has 0 aliphatic carbocycles. The van der Waals surface area contributed by atoms with Crippen LogP contribution in [0.4, 0.5) is 0 Å². The quantitative estimate of drug-likeness (QED) is 0.721. The first-order valence-electron chi connectivity index (χ1n) is 4.06. The van der Waals surface area contributed by atoms with Gasteiger partial charge in [0, 0.05) is 0 Å². The van der Waals surface area contributed by atoms with Gasteiger partial charge >= 0.3 is 0 Å². The largest absolute Gasteiger partial charge is 0.395 e. The lowest BCUT2D eigenvalue weighted by Gasteiger charge is -2.22. The fourth-order valence-electron chi connectivity index (χ4n) is 0.763. The zero-order chi connectivity index (χ0) is 9.99. The van der Waals surface area contributed by atoms with Crippen LogP contribution in [0.1, 0.15) is 27.7 Å². The van der Waals surface area contributed by atoms with Crippen LogP contribution in [0.5, 0.6) is 0 Å². The third kappa shape index (κ3) is 2.75. The molecule has 0 saturated heterocycles. The zero-order valence-electron chi connectivity index (χ0n) is 8.16. The number of hydrogen-bond acceptors (Lipinski definition) is 3. The van der Waals surface area contributed by atoms with E-state index in [9.17, 15) is 8.42 Å². The summed E-state index contributed by atoms with van der Waals surface area (Å²) < 4.78 is 22.1. The molecule has 3 nitrogen and oxygen atoms in total. The Morgan fingerprint density at radius 1 is 1.33 bits per heavy atom. The molecule has 4 heteroatoms. The van der Waals surface area contributed by atoms with E-state index < -0.39 is 14.6 Å². The number of hydrogen-bond donors (Lipinski definition) is 1. The average Bonchev–Trinajstić information content (AvgIpc) is 1.84. The van der Waals surface area contributed by atoms with Crippen LogP contribution in [-0.4, -0.2) is 30.6 Å². The van der Waals surface area contributed by atoms with Gasteiger partial charge in [0.05, 0.1) is 17.1 Å². The van der Waals surface area contributed by atoms with Gasteiger partial charge in [-0.1, -0.05) is 13.8 Å². The molecular formula is C8H18O3S. The summed E-state index contributed by atoms with van der Waals surface area (Å²) in [7, 11) is -3.16. The molecule has 0 spiro atoms. The van der Waals surface area contributed by atoms with Crippen LogP contribution in [0.2, 0.25) is 0 Å². The van der Waals surface area contributed by atoms with Crippen LogP contribution in [-0.2, 0) is 9.84 Å². The molecule has 0 atom stereocenters. The van der Waals surface area contributed by atoms with Crippen molar-refractivity contribution in [2.75, 3.05) is 12.4 Å². The van der Waals surface area contributed by atoms with Crippen LogP contribution in [0, 0.1) is 5.92 Å². The van der Waals surface area contributed by atoms with Crippen LogP contribution >= 0.6 is 0 Å². The number of sulfone groups is 1. The molecule has 0 amide bonds. The average molecular weight is 194 g/mol. The highest BCUT2D eigenvalue weighted by molar-refractivity contribution is 7.92. The lowest BCUT2D eigenvalue weighted by molar-refractivity contribution is 0.258. The van der Waals surface area contributed by atoms with Crippen LogP contribution in [0.25, 0.3) is 0 Å². The summed E-state index contributed by atoms with van der Waals surface area (Å²) in [4.78, 5) is 0. The first-order valence-corrected chi connectivity index (χ1v) is 5.71. The molecule has 0 aliphatic heterocycles. The maximum Gasteiger partial charge on any atom is 0.157 e. The van der Waals surface area contributed by atoms with Crippen LogP contribution < -0.4 is 0 Å². The smallest absolute Gasteiger partial charge is 0.157 e. The van der Waals surface area contributed by atoms with E-state index in [-0.39, 0.29) is 18.3 Å². The SMILES string of the molecule is CC(C)CS(=O)(=O)C(C)(C)CO. The summed E-state index contributed by atoms with van der Waals surface area (Å²) in [5.41, 5.74) is 0. The van der Waals surface area contributed by atoms with E-state index in [1.54, 1.807) is 13.8 Å². The van der Waals surface area contributed by atoms with E-state index >= 15 is 0 Å². The molecular weight excluding hydrogens is 176 g/mol. The minimum atomic E-state index is -3.16. The second kappa shape index (κ2) is 3.75. The van der Waals surface area contributed by atoms with Gasteiger partial charge in [-0.25, -0.2) is 8.42 Å². The van der Waals surface area contributed by atoms with Gasteiger partial charge in [0.15, 0.2) is 9.84 Å². The van der Waals surface area contributed by atoms with E-state index in [0.717, 1.165) is 0 Å². The van der Waals surface area contributed by atoms with Gasteiger partial charge in [0.25, 0.3) is 0 Å². The Morgan fingerprint density at radius 3 is 2.00 bits per heavy atom. The fraction of sp³-hybridized carbons (Fsp3) is 1.00. The van der Waals surface area contributed by atoms with E-state index in [2.05, 4.69) is 0 Å². The van der Waals surface area contributed by atoms with Gasteiger partial charge in [-0.15, -0.1) is 0 Å². The highest BCUT2D eigenvalue weighted by atomic mass is 32.2. The predicted octanol–water partition coefficient (Wildman–Crippen LogP) is 0.828. The lowest BCUT2D eigenvalue weighted by Crippen LogP contribution is -2.38. The highest BCUT2D eigenvalue weighted by Gasteiger charge is 2.33. The van der Waals surface area contributed by atoms with Crippen molar-refractivity contribution in [1.29, 1.82) is 0 Å². The third-order valence-electron chi connectivity index (χ3n) is 1.78. The molecule has 0 heterocycles. The Hall–Kier alpha value is -0.0900. The number of rotatable bonds is 4. The maximum atomic E-state index is 11.5. The Labute approximate surface area is 74.7 Å². The third-order valence-corrected chi connectivity index (χ3v) is 4.69. The second-order valence-electron chi connectivity index (χ2n) is 4.09. The zero-order valence-corrected chi connectivity index (χ0v) is 8.98. The van der Waals surface area contributed by atoms with Gasteiger partial charge in [-0.3, -0.25) is 0 Å². The van der Waals surface area contributed by atoms with Crippen molar-refractivity contribution in [1.82, 2.24) is 0 Å². The topological polar surface area (TPSA) is 54.4 Å². The molecule has 0 rings (SSSR count). The Kier molecular flexibility index (Phi) is 3.72. The van der Waals surface area contributed by atoms with Crippen LogP contribution in [0.3, 0.4) is 0 Å². The highest BCUT2D eigenvalue weighted by Crippen LogP contribution is 2.18.